The van der Waals surface area contributed by atoms with Crippen molar-refractivity contribution in [2.75, 3.05) is 18.7 Å². The molecular weight excluding hydrogens is 156 g/mol. The van der Waals surface area contributed by atoms with Crippen molar-refractivity contribution < 1.29 is 4.74 Å². The number of nitrogens with two attached hydrogens (primary N) is 1. The fourth-order valence-corrected chi connectivity index (χ4v) is 0.914. The fourth-order valence-electron chi connectivity index (χ4n) is 0.914. The van der Waals surface area contributed by atoms with Crippen molar-refractivity contribution in [2.24, 2.45) is 5.84 Å². The molecule has 2 rings (SSSR count). The predicted molar refractivity (Wildman–Crippen MR) is 43.3 cm³/mol. The highest BCUT2D eigenvalue weighted by molar-refractivity contribution is 5.34. The maximum absolute atomic E-state index is 5.46. The van der Waals surface area contributed by atoms with Crippen molar-refractivity contribution in [2.45, 2.75) is 6.10 Å². The molecule has 1 aromatic heterocycles. The van der Waals surface area contributed by atoms with Gasteiger partial charge in [0.15, 0.2) is 5.82 Å². The summed E-state index contributed by atoms with van der Waals surface area (Å²) in [5.41, 5.74) is 0.876. The average Bonchev–Trinajstić information content (AvgIpc) is 2.87. The molecule has 1 aliphatic rings. The van der Waals surface area contributed by atoms with Gasteiger partial charge in [0.25, 0.3) is 0 Å². The second-order valence-corrected chi connectivity index (χ2v) is 2.75. The predicted octanol–water partition coefficient (Wildman–Crippen LogP) is -0.142. The minimum Gasteiger partial charge on any atom is -0.366 e. The van der Waals surface area contributed by atoms with Gasteiger partial charge in [-0.25, -0.2) is 5.84 Å². The summed E-state index contributed by atoms with van der Waals surface area (Å²) in [6.45, 7) is 0.756. The van der Waals surface area contributed by atoms with Crippen LogP contribution in [0.1, 0.15) is 11.8 Å². The van der Waals surface area contributed by atoms with Gasteiger partial charge in [0.05, 0.1) is 12.3 Å². The molecule has 2 N–H and O–H groups in total. The molecular formula is C7H10N4O. The maximum atomic E-state index is 5.46. The zero-order chi connectivity index (χ0) is 8.55. The van der Waals surface area contributed by atoms with Gasteiger partial charge in [-0.1, -0.05) is 0 Å². The van der Waals surface area contributed by atoms with E-state index in [0.717, 1.165) is 12.3 Å². The Morgan fingerprint density at radius 3 is 2.75 bits per heavy atom. The summed E-state index contributed by atoms with van der Waals surface area (Å²) in [6, 6.07) is 3.70. The van der Waals surface area contributed by atoms with Crippen LogP contribution in [0.25, 0.3) is 0 Å². The minimum absolute atomic E-state index is 0.162. The van der Waals surface area contributed by atoms with E-state index in [1.54, 1.807) is 7.05 Å². The molecule has 1 saturated heterocycles. The summed E-state index contributed by atoms with van der Waals surface area (Å²) >= 11 is 0. The Balaban J connectivity index is 2.18. The first-order valence-electron chi connectivity index (χ1n) is 3.71. The zero-order valence-electron chi connectivity index (χ0n) is 6.77. The highest BCUT2D eigenvalue weighted by atomic mass is 16.6. The number of rotatable bonds is 2. The Morgan fingerprint density at radius 1 is 1.58 bits per heavy atom. The first kappa shape index (κ1) is 7.45. The number of hydrazine groups is 1. The van der Waals surface area contributed by atoms with E-state index in [0.29, 0.717) is 5.82 Å². The van der Waals surface area contributed by atoms with E-state index in [1.165, 1.54) is 5.01 Å². The molecule has 2 heterocycles. The van der Waals surface area contributed by atoms with Gasteiger partial charge in [-0.15, -0.1) is 5.10 Å². The molecule has 5 heteroatoms. The van der Waals surface area contributed by atoms with Crippen molar-refractivity contribution in [1.82, 2.24) is 10.2 Å². The highest BCUT2D eigenvalue weighted by Gasteiger charge is 2.26. The number of epoxide rings is 1. The first-order chi connectivity index (χ1) is 5.77. The molecule has 64 valence electrons. The summed E-state index contributed by atoms with van der Waals surface area (Å²) in [4.78, 5) is 0. The number of nitrogens with zero attached hydrogens (tertiary/aromatic N) is 3. The third kappa shape index (κ3) is 1.37. The lowest BCUT2D eigenvalue weighted by atomic mass is 10.3. The lowest BCUT2D eigenvalue weighted by molar-refractivity contribution is 0.410. The summed E-state index contributed by atoms with van der Waals surface area (Å²) in [6.07, 6.45) is 0.162. The monoisotopic (exact) mass is 166 g/mol. The van der Waals surface area contributed by atoms with Crippen LogP contribution in [-0.4, -0.2) is 23.9 Å². The quantitative estimate of drug-likeness (QED) is 0.376. The highest BCUT2D eigenvalue weighted by Crippen LogP contribution is 2.27. The van der Waals surface area contributed by atoms with Crippen molar-refractivity contribution in [3.05, 3.63) is 17.8 Å². The molecule has 1 fully saturated rings. The van der Waals surface area contributed by atoms with Crippen LogP contribution < -0.4 is 10.9 Å². The Labute approximate surface area is 70.1 Å². The Bertz CT molecular complexity index is 246. The zero-order valence-corrected chi connectivity index (χ0v) is 6.77. The number of aromatic nitrogens is 2. The van der Waals surface area contributed by atoms with Gasteiger partial charge in [-0.3, -0.25) is 5.01 Å². The van der Waals surface area contributed by atoms with Crippen LogP contribution in [0.5, 0.6) is 0 Å². The molecule has 12 heavy (non-hydrogen) atoms. The lowest BCUT2D eigenvalue weighted by Crippen LogP contribution is -2.26. The standard InChI is InChI=1S/C7H10N4O/c1-11(8)7-3-2-5(9-10-7)6-4-12-6/h2-3,6H,4,8H2,1H3. The molecule has 0 aliphatic carbocycles. The van der Waals surface area contributed by atoms with Gasteiger partial charge in [0.1, 0.15) is 6.10 Å². The van der Waals surface area contributed by atoms with E-state index in [1.807, 2.05) is 12.1 Å². The van der Waals surface area contributed by atoms with Gasteiger partial charge >= 0.3 is 0 Å². The van der Waals surface area contributed by atoms with Gasteiger partial charge < -0.3 is 4.74 Å². The topological polar surface area (TPSA) is 67.6 Å². The molecule has 1 aliphatic heterocycles. The van der Waals surface area contributed by atoms with Gasteiger partial charge in [-0.05, 0) is 12.1 Å². The molecule has 1 unspecified atom stereocenters. The number of ether oxygens (including phenoxy) is 1. The lowest BCUT2D eigenvalue weighted by Gasteiger charge is -2.08. The van der Waals surface area contributed by atoms with Gasteiger partial charge in [-0.2, -0.15) is 5.10 Å². The molecule has 0 radical (unpaired) electrons. The Morgan fingerprint density at radius 2 is 2.33 bits per heavy atom. The van der Waals surface area contributed by atoms with Crippen LogP contribution in [-0.2, 0) is 4.74 Å². The van der Waals surface area contributed by atoms with Crippen molar-refractivity contribution in [3.8, 4) is 0 Å². The van der Waals surface area contributed by atoms with Crippen LogP contribution in [0, 0.1) is 0 Å². The molecule has 0 bridgehead atoms. The van der Waals surface area contributed by atoms with Crippen LogP contribution in [0.3, 0.4) is 0 Å². The minimum atomic E-state index is 0.162. The third-order valence-electron chi connectivity index (χ3n) is 1.70. The summed E-state index contributed by atoms with van der Waals surface area (Å²) in [5, 5.41) is 9.30. The molecule has 5 nitrogen and oxygen atoms in total. The molecule has 0 amide bonds. The second-order valence-electron chi connectivity index (χ2n) is 2.75. The van der Waals surface area contributed by atoms with Crippen molar-refractivity contribution >= 4 is 5.82 Å². The molecule has 1 atom stereocenters. The number of hydrogen-bond donors (Lipinski definition) is 1. The van der Waals surface area contributed by atoms with E-state index in [2.05, 4.69) is 10.2 Å². The second kappa shape index (κ2) is 2.69. The van der Waals surface area contributed by atoms with Crippen molar-refractivity contribution in [1.29, 1.82) is 0 Å². The number of anilines is 1. The van der Waals surface area contributed by atoms with Crippen LogP contribution >= 0.6 is 0 Å². The summed E-state index contributed by atoms with van der Waals surface area (Å²) < 4.78 is 5.05. The van der Waals surface area contributed by atoms with Crippen molar-refractivity contribution in [3.63, 3.8) is 0 Å². The first-order valence-corrected chi connectivity index (χ1v) is 3.71. The molecule has 0 aromatic carbocycles. The average molecular weight is 166 g/mol. The van der Waals surface area contributed by atoms with Crippen LogP contribution in [0.2, 0.25) is 0 Å². The van der Waals surface area contributed by atoms with Gasteiger partial charge in [0.2, 0.25) is 0 Å². The summed E-state index contributed by atoms with van der Waals surface area (Å²) in [7, 11) is 1.72. The largest absolute Gasteiger partial charge is 0.366 e. The third-order valence-corrected chi connectivity index (χ3v) is 1.70. The molecule has 0 spiro atoms. The molecule has 0 saturated carbocycles. The SMILES string of the molecule is CN(N)c1ccc(C2CO2)nn1. The Hall–Kier alpha value is -1.20. The van der Waals surface area contributed by atoms with E-state index >= 15 is 0 Å². The van der Waals surface area contributed by atoms with Crippen LogP contribution in [0.4, 0.5) is 5.82 Å². The smallest absolute Gasteiger partial charge is 0.164 e. The van der Waals surface area contributed by atoms with Crippen LogP contribution in [0.15, 0.2) is 12.1 Å². The van der Waals surface area contributed by atoms with E-state index in [9.17, 15) is 0 Å². The van der Waals surface area contributed by atoms with E-state index in [-0.39, 0.29) is 6.10 Å². The van der Waals surface area contributed by atoms with E-state index in [4.69, 9.17) is 10.6 Å². The van der Waals surface area contributed by atoms with E-state index < -0.39 is 0 Å². The number of hydrogen-bond acceptors (Lipinski definition) is 5. The molecule has 1 aromatic rings. The Kier molecular flexibility index (Phi) is 1.67. The van der Waals surface area contributed by atoms with Gasteiger partial charge in [0, 0.05) is 7.05 Å². The maximum Gasteiger partial charge on any atom is 0.164 e. The summed E-state index contributed by atoms with van der Waals surface area (Å²) in [5.74, 6) is 6.11. The fraction of sp³-hybridized carbons (Fsp3) is 0.429. The normalized spacial score (nSPS) is 20.7.